The van der Waals surface area contributed by atoms with E-state index in [1.165, 1.54) is 19.2 Å². The Hall–Kier alpha value is -2.89. The second-order valence-corrected chi connectivity index (χ2v) is 6.51. The molecular formula is C20H20FN3O2. The third-order valence-electron chi connectivity index (χ3n) is 4.86. The zero-order valence-electron chi connectivity index (χ0n) is 14.6. The summed E-state index contributed by atoms with van der Waals surface area (Å²) in [4.78, 5) is 18.7. The molecule has 5 nitrogen and oxygen atoms in total. The molecule has 0 radical (unpaired) electrons. The van der Waals surface area contributed by atoms with Gasteiger partial charge in [0.15, 0.2) is 0 Å². The van der Waals surface area contributed by atoms with Gasteiger partial charge in [-0.2, -0.15) is 0 Å². The van der Waals surface area contributed by atoms with Crippen molar-refractivity contribution in [3.05, 3.63) is 48.5 Å². The third-order valence-corrected chi connectivity index (χ3v) is 4.86. The summed E-state index contributed by atoms with van der Waals surface area (Å²) in [6.07, 6.45) is 3.86. The van der Waals surface area contributed by atoms with Crippen LogP contribution in [0.2, 0.25) is 0 Å². The van der Waals surface area contributed by atoms with Gasteiger partial charge in [-0.3, -0.25) is 4.79 Å². The highest BCUT2D eigenvalue weighted by Crippen LogP contribution is 2.32. The summed E-state index contributed by atoms with van der Waals surface area (Å²) in [5.41, 5.74) is 3.40. The smallest absolute Gasteiger partial charge is 0.242 e. The molecule has 0 bridgehead atoms. The molecule has 4 rings (SSSR count). The average Bonchev–Trinajstić information content (AvgIpc) is 3.31. The van der Waals surface area contributed by atoms with Crippen LogP contribution in [0.1, 0.15) is 12.8 Å². The topological polar surface area (TPSA) is 47.4 Å². The third kappa shape index (κ3) is 3.03. The Kier molecular flexibility index (Phi) is 4.32. The van der Waals surface area contributed by atoms with Crippen molar-refractivity contribution >= 4 is 16.9 Å². The second kappa shape index (κ2) is 6.78. The van der Waals surface area contributed by atoms with Crippen LogP contribution in [0.5, 0.6) is 5.75 Å². The van der Waals surface area contributed by atoms with Crippen LogP contribution in [0.3, 0.4) is 0 Å². The van der Waals surface area contributed by atoms with E-state index in [9.17, 15) is 9.18 Å². The number of rotatable bonds is 4. The van der Waals surface area contributed by atoms with E-state index in [4.69, 9.17) is 4.74 Å². The maximum Gasteiger partial charge on any atom is 0.242 e. The highest BCUT2D eigenvalue weighted by molar-refractivity contribution is 5.85. The Balaban J connectivity index is 1.64. The van der Waals surface area contributed by atoms with Crippen molar-refractivity contribution in [2.45, 2.75) is 19.4 Å². The first-order valence-corrected chi connectivity index (χ1v) is 8.72. The number of methoxy groups -OCH3 is 1. The van der Waals surface area contributed by atoms with Crippen molar-refractivity contribution in [1.29, 1.82) is 0 Å². The van der Waals surface area contributed by atoms with Crippen molar-refractivity contribution in [3.63, 3.8) is 0 Å². The number of hydrogen-bond donors (Lipinski definition) is 0. The zero-order valence-corrected chi connectivity index (χ0v) is 14.6. The molecule has 1 aromatic heterocycles. The van der Waals surface area contributed by atoms with Crippen LogP contribution in [-0.4, -0.2) is 40.6 Å². The van der Waals surface area contributed by atoms with Crippen molar-refractivity contribution in [1.82, 2.24) is 14.5 Å². The van der Waals surface area contributed by atoms with Crippen LogP contribution < -0.4 is 4.74 Å². The van der Waals surface area contributed by atoms with Crippen LogP contribution in [0, 0.1) is 5.82 Å². The maximum absolute atomic E-state index is 13.4. The fourth-order valence-corrected chi connectivity index (χ4v) is 3.47. The minimum absolute atomic E-state index is 0.131. The number of carbonyl (C=O) groups is 1. The molecule has 134 valence electrons. The number of fused-ring (bicyclic) bond motifs is 1. The number of aromatic nitrogens is 2. The lowest BCUT2D eigenvalue weighted by molar-refractivity contribution is -0.130. The van der Waals surface area contributed by atoms with Crippen LogP contribution >= 0.6 is 0 Å². The molecule has 0 atom stereocenters. The number of amides is 1. The van der Waals surface area contributed by atoms with Crippen LogP contribution in [0.25, 0.3) is 22.2 Å². The highest BCUT2D eigenvalue weighted by atomic mass is 19.1. The first kappa shape index (κ1) is 16.6. The Labute approximate surface area is 151 Å². The van der Waals surface area contributed by atoms with E-state index in [1.54, 1.807) is 12.4 Å². The molecule has 0 aliphatic carbocycles. The number of ether oxygens (including phenoxy) is 1. The molecule has 0 spiro atoms. The molecule has 3 aromatic rings. The van der Waals surface area contributed by atoms with Gasteiger partial charge in [-0.05, 0) is 42.7 Å². The normalized spacial score (nSPS) is 14.2. The van der Waals surface area contributed by atoms with E-state index in [0.29, 0.717) is 12.3 Å². The number of imidazole rings is 1. The van der Waals surface area contributed by atoms with E-state index in [-0.39, 0.29) is 11.7 Å². The van der Waals surface area contributed by atoms with Gasteiger partial charge in [0, 0.05) is 24.7 Å². The number of hydrogen-bond acceptors (Lipinski definition) is 3. The van der Waals surface area contributed by atoms with Crippen molar-refractivity contribution in [2.75, 3.05) is 20.2 Å². The number of carbonyl (C=O) groups excluding carboxylic acids is 1. The number of benzene rings is 2. The van der Waals surface area contributed by atoms with Gasteiger partial charge >= 0.3 is 0 Å². The summed E-state index contributed by atoms with van der Waals surface area (Å²) in [6, 6.07) is 10.3. The number of likely N-dealkylation sites (tertiary alicyclic amines) is 1. The van der Waals surface area contributed by atoms with Gasteiger partial charge < -0.3 is 14.2 Å². The van der Waals surface area contributed by atoms with Gasteiger partial charge in [0.1, 0.15) is 18.1 Å². The second-order valence-electron chi connectivity index (χ2n) is 6.51. The predicted molar refractivity (Wildman–Crippen MR) is 97.5 cm³/mol. The minimum Gasteiger partial charge on any atom is -0.496 e. The predicted octanol–water partition coefficient (Wildman–Crippen LogP) is 3.47. The molecule has 1 fully saturated rings. The van der Waals surface area contributed by atoms with E-state index in [0.717, 1.165) is 48.1 Å². The molecule has 2 aromatic carbocycles. The van der Waals surface area contributed by atoms with Gasteiger partial charge in [-0.1, -0.05) is 6.07 Å². The Morgan fingerprint density at radius 3 is 2.77 bits per heavy atom. The van der Waals surface area contributed by atoms with E-state index in [2.05, 4.69) is 4.98 Å². The highest BCUT2D eigenvalue weighted by Gasteiger charge is 2.19. The number of nitrogens with zero attached hydrogens (tertiary/aromatic N) is 3. The van der Waals surface area contributed by atoms with Gasteiger partial charge in [0.2, 0.25) is 5.91 Å². The molecule has 1 saturated heterocycles. The number of halogens is 1. The van der Waals surface area contributed by atoms with Gasteiger partial charge in [-0.15, -0.1) is 0 Å². The molecule has 0 N–H and O–H groups in total. The SMILES string of the molecule is COc1cc(F)ccc1-c1ccc2c(c1)ncn2CC(=O)N1CCCC1. The molecule has 2 heterocycles. The zero-order chi connectivity index (χ0) is 18.1. The molecule has 0 unspecified atom stereocenters. The fraction of sp³-hybridized carbons (Fsp3) is 0.300. The van der Waals surface area contributed by atoms with Crippen LogP contribution in [0.4, 0.5) is 4.39 Å². The molecule has 0 saturated carbocycles. The summed E-state index contributed by atoms with van der Waals surface area (Å²) in [7, 11) is 1.52. The lowest BCUT2D eigenvalue weighted by atomic mass is 10.0. The lowest BCUT2D eigenvalue weighted by Gasteiger charge is -2.15. The lowest BCUT2D eigenvalue weighted by Crippen LogP contribution is -2.30. The van der Waals surface area contributed by atoms with Crippen molar-refractivity contribution < 1.29 is 13.9 Å². The first-order chi connectivity index (χ1) is 12.7. The van der Waals surface area contributed by atoms with Crippen molar-refractivity contribution in [2.24, 2.45) is 0 Å². The summed E-state index contributed by atoms with van der Waals surface area (Å²) >= 11 is 0. The molecule has 1 aliphatic rings. The monoisotopic (exact) mass is 353 g/mol. The maximum atomic E-state index is 13.4. The molecule has 6 heteroatoms. The summed E-state index contributed by atoms with van der Waals surface area (Å²) < 4.78 is 20.6. The van der Waals surface area contributed by atoms with Gasteiger partial charge in [0.25, 0.3) is 0 Å². The van der Waals surface area contributed by atoms with E-state index < -0.39 is 0 Å². The quantitative estimate of drug-likeness (QED) is 0.721. The summed E-state index contributed by atoms with van der Waals surface area (Å²) in [5.74, 6) is 0.274. The van der Waals surface area contributed by atoms with Crippen LogP contribution in [0.15, 0.2) is 42.7 Å². The van der Waals surface area contributed by atoms with Gasteiger partial charge in [-0.25, -0.2) is 9.37 Å². The first-order valence-electron chi connectivity index (χ1n) is 8.72. The molecular weight excluding hydrogens is 333 g/mol. The van der Waals surface area contributed by atoms with E-state index >= 15 is 0 Å². The minimum atomic E-state index is -0.337. The fourth-order valence-electron chi connectivity index (χ4n) is 3.47. The molecule has 1 aliphatic heterocycles. The Morgan fingerprint density at radius 1 is 1.19 bits per heavy atom. The average molecular weight is 353 g/mol. The Bertz CT molecular complexity index is 961. The standard InChI is InChI=1S/C20H20FN3O2/c1-26-19-11-15(21)5-6-16(19)14-4-7-18-17(10-14)22-13-24(18)12-20(25)23-8-2-3-9-23/h4-7,10-11,13H,2-3,8-9,12H2,1H3. The van der Waals surface area contributed by atoms with Crippen LogP contribution in [-0.2, 0) is 11.3 Å². The van der Waals surface area contributed by atoms with Crippen molar-refractivity contribution in [3.8, 4) is 16.9 Å². The Morgan fingerprint density at radius 2 is 2.00 bits per heavy atom. The molecule has 26 heavy (non-hydrogen) atoms. The summed E-state index contributed by atoms with van der Waals surface area (Å²) in [6.45, 7) is 2.00. The largest absolute Gasteiger partial charge is 0.496 e. The summed E-state index contributed by atoms with van der Waals surface area (Å²) in [5, 5.41) is 0. The van der Waals surface area contributed by atoms with E-state index in [1.807, 2.05) is 27.7 Å². The molecule has 1 amide bonds. The van der Waals surface area contributed by atoms with Gasteiger partial charge in [0.05, 0.1) is 24.5 Å².